The fourth-order valence-electron chi connectivity index (χ4n) is 1.16. The van der Waals surface area contributed by atoms with Crippen molar-refractivity contribution < 1.29 is 0 Å². The number of allylic oxidation sites excluding steroid dienone is 2. The molecule has 0 unspecified atom stereocenters. The largest absolute Gasteiger partial charge is 0.357 e. The van der Waals surface area contributed by atoms with Gasteiger partial charge in [-0.15, -0.1) is 0 Å². The Hall–Kier alpha value is -1.05. The van der Waals surface area contributed by atoms with Gasteiger partial charge < -0.3 is 4.90 Å². The quantitative estimate of drug-likeness (QED) is 0.453. The molecule has 0 aliphatic heterocycles. The lowest BCUT2D eigenvalue weighted by Gasteiger charge is -2.22. The van der Waals surface area contributed by atoms with E-state index in [1.54, 1.807) is 0 Å². The molecular weight excluding hydrogens is 160 g/mol. The van der Waals surface area contributed by atoms with Gasteiger partial charge in [0.15, 0.2) is 0 Å². The fraction of sp³-hybridized carbons (Fsp3) is 0.545. The van der Waals surface area contributed by atoms with Gasteiger partial charge in [0.2, 0.25) is 0 Å². The Bertz CT molecular complexity index is 204. The van der Waals surface area contributed by atoms with Gasteiger partial charge in [0.1, 0.15) is 5.82 Å². The third-order valence-electron chi connectivity index (χ3n) is 1.74. The van der Waals surface area contributed by atoms with Crippen LogP contribution in [-0.4, -0.2) is 24.7 Å². The molecule has 0 radical (unpaired) electrons. The predicted molar refractivity (Wildman–Crippen MR) is 60.0 cm³/mol. The Kier molecular flexibility index (Phi) is 5.94. The molecule has 2 heteroatoms. The lowest BCUT2D eigenvalue weighted by Crippen LogP contribution is -2.22. The molecule has 0 saturated heterocycles. The first-order chi connectivity index (χ1) is 6.15. The van der Waals surface area contributed by atoms with Crippen LogP contribution in [-0.2, 0) is 0 Å². The van der Waals surface area contributed by atoms with Crippen molar-refractivity contribution in [2.75, 3.05) is 13.1 Å². The van der Waals surface area contributed by atoms with Crippen molar-refractivity contribution in [2.24, 2.45) is 4.99 Å². The highest BCUT2D eigenvalue weighted by Crippen LogP contribution is 2.08. The highest BCUT2D eigenvalue weighted by atomic mass is 15.2. The van der Waals surface area contributed by atoms with Crippen LogP contribution in [0.2, 0.25) is 0 Å². The maximum Gasteiger partial charge on any atom is 0.127 e. The first kappa shape index (κ1) is 11.9. The van der Waals surface area contributed by atoms with Crippen LogP contribution in [0, 0.1) is 0 Å². The Balaban J connectivity index is 4.51. The van der Waals surface area contributed by atoms with Crippen molar-refractivity contribution in [1.29, 1.82) is 0 Å². The van der Waals surface area contributed by atoms with Crippen molar-refractivity contribution >= 4 is 6.72 Å². The van der Waals surface area contributed by atoms with Crippen LogP contribution in [0.1, 0.15) is 27.2 Å². The van der Waals surface area contributed by atoms with E-state index >= 15 is 0 Å². The Labute approximate surface area is 81.7 Å². The van der Waals surface area contributed by atoms with Gasteiger partial charge in [-0.2, -0.15) is 0 Å². The zero-order valence-corrected chi connectivity index (χ0v) is 9.01. The summed E-state index contributed by atoms with van der Waals surface area (Å²) in [6.45, 7) is 15.6. The minimum Gasteiger partial charge on any atom is -0.357 e. The first-order valence-corrected chi connectivity index (χ1v) is 4.74. The molecule has 0 spiro atoms. The van der Waals surface area contributed by atoms with Gasteiger partial charge in [-0.3, -0.25) is 0 Å². The van der Waals surface area contributed by atoms with Crippen LogP contribution in [0.5, 0.6) is 0 Å². The number of rotatable bonds is 6. The molecular formula is C11H20N2. The predicted octanol–water partition coefficient (Wildman–Crippen LogP) is 2.84. The summed E-state index contributed by atoms with van der Waals surface area (Å²) >= 11 is 0. The van der Waals surface area contributed by atoms with Crippen molar-refractivity contribution in [3.05, 3.63) is 24.0 Å². The zero-order valence-electron chi connectivity index (χ0n) is 9.01. The van der Waals surface area contributed by atoms with E-state index in [1.165, 1.54) is 0 Å². The molecule has 74 valence electrons. The van der Waals surface area contributed by atoms with Crippen molar-refractivity contribution in [2.45, 2.75) is 27.2 Å². The second-order valence-corrected chi connectivity index (χ2v) is 3.09. The molecule has 0 rings (SSSR count). The molecule has 0 N–H and O–H groups in total. The van der Waals surface area contributed by atoms with Crippen LogP contribution >= 0.6 is 0 Å². The van der Waals surface area contributed by atoms with Gasteiger partial charge in [-0.05, 0) is 33.1 Å². The third-order valence-corrected chi connectivity index (χ3v) is 1.74. The maximum atomic E-state index is 3.99. The van der Waals surface area contributed by atoms with E-state index in [-0.39, 0.29) is 0 Å². The lowest BCUT2D eigenvalue weighted by atomic mass is 10.3. The minimum atomic E-state index is 0.928. The fourth-order valence-corrected chi connectivity index (χ4v) is 1.16. The van der Waals surface area contributed by atoms with E-state index in [0.29, 0.717) is 0 Å². The number of hydrogen-bond donors (Lipinski definition) is 0. The topological polar surface area (TPSA) is 15.6 Å². The van der Waals surface area contributed by atoms with E-state index in [0.717, 1.165) is 30.9 Å². The summed E-state index contributed by atoms with van der Waals surface area (Å²) in [6, 6.07) is 0. The van der Waals surface area contributed by atoms with E-state index in [2.05, 4.69) is 37.0 Å². The normalized spacial score (nSPS) is 11.2. The second kappa shape index (κ2) is 6.46. The van der Waals surface area contributed by atoms with Crippen LogP contribution < -0.4 is 0 Å². The first-order valence-electron chi connectivity index (χ1n) is 4.74. The van der Waals surface area contributed by atoms with E-state index in [9.17, 15) is 0 Å². The van der Waals surface area contributed by atoms with Crippen LogP contribution in [0.15, 0.2) is 29.0 Å². The van der Waals surface area contributed by atoms with Gasteiger partial charge in [-0.1, -0.05) is 19.1 Å². The molecule has 0 bridgehead atoms. The summed E-state index contributed by atoms with van der Waals surface area (Å²) in [6.07, 6.45) is 3.09. The second-order valence-electron chi connectivity index (χ2n) is 3.09. The number of nitrogens with zero attached hydrogens (tertiary/aromatic N) is 2. The average Bonchev–Trinajstić information content (AvgIpc) is 2.10. The molecule has 0 aliphatic rings. The minimum absolute atomic E-state index is 0.928. The highest BCUT2D eigenvalue weighted by molar-refractivity contribution is 5.31. The van der Waals surface area contributed by atoms with E-state index in [1.807, 2.05) is 13.0 Å². The monoisotopic (exact) mass is 180 g/mol. The van der Waals surface area contributed by atoms with E-state index in [4.69, 9.17) is 0 Å². The highest BCUT2D eigenvalue weighted by Gasteiger charge is 2.03. The summed E-state index contributed by atoms with van der Waals surface area (Å²) in [5.41, 5.74) is 1.01. The van der Waals surface area contributed by atoms with Crippen molar-refractivity contribution in [1.82, 2.24) is 4.90 Å². The molecule has 0 aliphatic carbocycles. The molecule has 0 aromatic heterocycles. The Morgan fingerprint density at radius 3 is 2.38 bits per heavy atom. The molecule has 0 saturated carbocycles. The van der Waals surface area contributed by atoms with Crippen LogP contribution in [0.4, 0.5) is 0 Å². The Morgan fingerprint density at radius 2 is 2.08 bits per heavy atom. The molecule has 0 aromatic rings. The van der Waals surface area contributed by atoms with Gasteiger partial charge in [0, 0.05) is 13.1 Å². The molecule has 0 heterocycles. The number of aliphatic imine (C=N–C) groups is 1. The van der Waals surface area contributed by atoms with Crippen molar-refractivity contribution in [3.63, 3.8) is 0 Å². The van der Waals surface area contributed by atoms with E-state index < -0.39 is 0 Å². The van der Waals surface area contributed by atoms with Gasteiger partial charge in [0.05, 0.1) is 0 Å². The molecule has 0 amide bonds. The summed E-state index contributed by atoms with van der Waals surface area (Å²) in [4.78, 5) is 6.19. The van der Waals surface area contributed by atoms with Crippen LogP contribution in [0.3, 0.4) is 0 Å². The maximum absolute atomic E-state index is 3.99. The SMILES string of the molecule is C=N/C(=C\C(=C)C)N(CC)CCC. The summed E-state index contributed by atoms with van der Waals surface area (Å²) < 4.78 is 0. The summed E-state index contributed by atoms with van der Waals surface area (Å²) in [5.74, 6) is 0.928. The summed E-state index contributed by atoms with van der Waals surface area (Å²) in [7, 11) is 0. The third kappa shape index (κ3) is 4.51. The molecule has 2 nitrogen and oxygen atoms in total. The lowest BCUT2D eigenvalue weighted by molar-refractivity contribution is 0.360. The van der Waals surface area contributed by atoms with Gasteiger partial charge >= 0.3 is 0 Å². The van der Waals surface area contributed by atoms with Gasteiger partial charge in [-0.25, -0.2) is 4.99 Å². The standard InChI is InChI=1S/C11H20N2/c1-6-8-13(7-2)11(12-5)9-10(3)4/h9H,3,5-8H2,1-2,4H3/b11-9+. The van der Waals surface area contributed by atoms with Gasteiger partial charge in [0.25, 0.3) is 0 Å². The van der Waals surface area contributed by atoms with Crippen molar-refractivity contribution in [3.8, 4) is 0 Å². The zero-order chi connectivity index (χ0) is 10.3. The molecule has 0 fully saturated rings. The average molecular weight is 180 g/mol. The summed E-state index contributed by atoms with van der Waals surface area (Å²) in [5, 5.41) is 0. The Morgan fingerprint density at radius 1 is 1.46 bits per heavy atom. The smallest absolute Gasteiger partial charge is 0.127 e. The molecule has 0 aromatic carbocycles. The van der Waals surface area contributed by atoms with Crippen LogP contribution in [0.25, 0.3) is 0 Å². The molecule has 0 atom stereocenters. The molecule has 13 heavy (non-hydrogen) atoms. The number of hydrogen-bond acceptors (Lipinski definition) is 2.